The molecular weight excluding hydrogens is 266 g/mol. The van der Waals surface area contributed by atoms with Gasteiger partial charge in [-0.3, -0.25) is 0 Å². The van der Waals surface area contributed by atoms with Crippen LogP contribution in [0.5, 0.6) is 17.2 Å². The summed E-state index contributed by atoms with van der Waals surface area (Å²) in [4.78, 5) is 0. The molecule has 4 nitrogen and oxygen atoms in total. The zero-order chi connectivity index (χ0) is 15.8. The van der Waals surface area contributed by atoms with Gasteiger partial charge in [0, 0.05) is 18.2 Å². The van der Waals surface area contributed by atoms with Gasteiger partial charge in [-0.15, -0.1) is 0 Å². The van der Waals surface area contributed by atoms with Gasteiger partial charge >= 0.3 is 0 Å². The van der Waals surface area contributed by atoms with E-state index in [1.807, 2.05) is 12.1 Å². The first-order valence-electron chi connectivity index (χ1n) is 7.54. The van der Waals surface area contributed by atoms with Gasteiger partial charge in [0.1, 0.15) is 0 Å². The highest BCUT2D eigenvalue weighted by Gasteiger charge is 2.16. The van der Waals surface area contributed by atoms with Crippen molar-refractivity contribution in [2.24, 2.45) is 5.92 Å². The van der Waals surface area contributed by atoms with Gasteiger partial charge in [0.2, 0.25) is 5.75 Å². The lowest BCUT2D eigenvalue weighted by Gasteiger charge is -2.18. The average molecular weight is 295 g/mol. The Bertz CT molecular complexity index is 432. The van der Waals surface area contributed by atoms with Crippen LogP contribution in [0.2, 0.25) is 0 Å². The SMILES string of the molecule is COc1ccc(CNC(C)CCC(C)C)c(OC)c1OC. The molecule has 0 aliphatic heterocycles. The second-order valence-corrected chi connectivity index (χ2v) is 5.75. The summed E-state index contributed by atoms with van der Waals surface area (Å²) in [6.45, 7) is 7.48. The average Bonchev–Trinajstić information content (AvgIpc) is 2.49. The number of ether oxygens (including phenoxy) is 3. The molecule has 0 radical (unpaired) electrons. The van der Waals surface area contributed by atoms with Crippen LogP contribution < -0.4 is 19.5 Å². The van der Waals surface area contributed by atoms with Crippen LogP contribution in [-0.2, 0) is 6.54 Å². The van der Waals surface area contributed by atoms with E-state index in [1.165, 1.54) is 12.8 Å². The Morgan fingerprint density at radius 2 is 1.57 bits per heavy atom. The van der Waals surface area contributed by atoms with Gasteiger partial charge in [-0.2, -0.15) is 0 Å². The van der Waals surface area contributed by atoms with E-state index >= 15 is 0 Å². The normalized spacial score (nSPS) is 12.3. The lowest BCUT2D eigenvalue weighted by Crippen LogP contribution is -2.26. The van der Waals surface area contributed by atoms with Gasteiger partial charge in [-0.25, -0.2) is 0 Å². The molecule has 1 unspecified atom stereocenters. The third-order valence-electron chi connectivity index (χ3n) is 3.60. The Kier molecular flexibility index (Phi) is 7.37. The molecule has 1 N–H and O–H groups in total. The van der Waals surface area contributed by atoms with Crippen LogP contribution in [-0.4, -0.2) is 27.4 Å². The monoisotopic (exact) mass is 295 g/mol. The standard InChI is InChI=1S/C17H29NO3/c1-12(2)7-8-13(3)18-11-14-9-10-15(19-4)17(21-6)16(14)20-5/h9-10,12-13,18H,7-8,11H2,1-6H3. The number of rotatable bonds is 9. The van der Waals surface area contributed by atoms with E-state index in [1.54, 1.807) is 21.3 Å². The summed E-state index contributed by atoms with van der Waals surface area (Å²) in [6.07, 6.45) is 2.41. The number of benzene rings is 1. The number of methoxy groups -OCH3 is 3. The molecule has 1 rings (SSSR count). The van der Waals surface area contributed by atoms with Crippen molar-refractivity contribution in [3.63, 3.8) is 0 Å². The zero-order valence-corrected chi connectivity index (χ0v) is 14.2. The van der Waals surface area contributed by atoms with Crippen LogP contribution >= 0.6 is 0 Å². The highest BCUT2D eigenvalue weighted by Crippen LogP contribution is 2.39. The second-order valence-electron chi connectivity index (χ2n) is 5.75. The van der Waals surface area contributed by atoms with E-state index in [4.69, 9.17) is 14.2 Å². The molecule has 0 aliphatic carbocycles. The maximum Gasteiger partial charge on any atom is 0.203 e. The molecule has 0 saturated carbocycles. The third-order valence-corrected chi connectivity index (χ3v) is 3.60. The summed E-state index contributed by atoms with van der Waals surface area (Å²) in [5.74, 6) is 2.81. The molecule has 21 heavy (non-hydrogen) atoms. The van der Waals surface area contributed by atoms with Gasteiger partial charge in [-0.05, 0) is 31.7 Å². The minimum Gasteiger partial charge on any atom is -0.493 e. The first-order chi connectivity index (χ1) is 10.0. The van der Waals surface area contributed by atoms with Crippen LogP contribution in [0.3, 0.4) is 0 Å². The quantitative estimate of drug-likeness (QED) is 0.755. The molecule has 1 atom stereocenters. The van der Waals surface area contributed by atoms with E-state index < -0.39 is 0 Å². The minimum absolute atomic E-state index is 0.477. The predicted octanol–water partition coefficient (Wildman–Crippen LogP) is 3.63. The van der Waals surface area contributed by atoms with Crippen LogP contribution in [0.4, 0.5) is 0 Å². The number of hydrogen-bond acceptors (Lipinski definition) is 4. The van der Waals surface area contributed by atoms with Crippen LogP contribution in [0.25, 0.3) is 0 Å². The summed E-state index contributed by atoms with van der Waals surface area (Å²) in [6, 6.07) is 4.41. The van der Waals surface area contributed by atoms with Crippen molar-refractivity contribution in [2.45, 2.75) is 46.2 Å². The summed E-state index contributed by atoms with van der Waals surface area (Å²) in [5, 5.41) is 3.54. The minimum atomic E-state index is 0.477. The highest BCUT2D eigenvalue weighted by molar-refractivity contribution is 5.55. The van der Waals surface area contributed by atoms with Crippen molar-refractivity contribution in [1.29, 1.82) is 0 Å². The van der Waals surface area contributed by atoms with E-state index in [9.17, 15) is 0 Å². The molecule has 0 bridgehead atoms. The zero-order valence-electron chi connectivity index (χ0n) is 14.2. The first kappa shape index (κ1) is 17.6. The summed E-state index contributed by atoms with van der Waals surface area (Å²) >= 11 is 0. The molecule has 0 amide bonds. The molecule has 0 aromatic heterocycles. The molecule has 1 aromatic rings. The van der Waals surface area contributed by atoms with Crippen molar-refractivity contribution in [2.75, 3.05) is 21.3 Å². The van der Waals surface area contributed by atoms with Gasteiger partial charge in [0.15, 0.2) is 11.5 Å². The Morgan fingerprint density at radius 1 is 0.905 bits per heavy atom. The Hall–Kier alpha value is -1.42. The lowest BCUT2D eigenvalue weighted by molar-refractivity contribution is 0.321. The van der Waals surface area contributed by atoms with E-state index in [2.05, 4.69) is 26.1 Å². The Balaban J connectivity index is 2.75. The summed E-state index contributed by atoms with van der Waals surface area (Å²) in [7, 11) is 4.91. The fourth-order valence-corrected chi connectivity index (χ4v) is 2.27. The van der Waals surface area contributed by atoms with E-state index in [-0.39, 0.29) is 0 Å². The topological polar surface area (TPSA) is 39.7 Å². The van der Waals surface area contributed by atoms with Crippen LogP contribution in [0.15, 0.2) is 12.1 Å². The third kappa shape index (κ3) is 5.12. The first-order valence-corrected chi connectivity index (χ1v) is 7.54. The van der Waals surface area contributed by atoms with Gasteiger partial charge in [-0.1, -0.05) is 19.9 Å². The maximum absolute atomic E-state index is 5.50. The van der Waals surface area contributed by atoms with E-state index in [0.717, 1.165) is 23.8 Å². The van der Waals surface area contributed by atoms with Gasteiger partial charge in [0.25, 0.3) is 0 Å². The summed E-state index contributed by atoms with van der Waals surface area (Å²) < 4.78 is 16.2. The van der Waals surface area contributed by atoms with Crippen LogP contribution in [0, 0.1) is 5.92 Å². The molecule has 0 fully saturated rings. The molecule has 0 saturated heterocycles. The molecule has 0 heterocycles. The van der Waals surface area contributed by atoms with E-state index in [0.29, 0.717) is 17.5 Å². The molecule has 4 heteroatoms. The molecule has 0 aliphatic rings. The fourth-order valence-electron chi connectivity index (χ4n) is 2.27. The fraction of sp³-hybridized carbons (Fsp3) is 0.647. The summed E-state index contributed by atoms with van der Waals surface area (Å²) in [5.41, 5.74) is 1.08. The van der Waals surface area contributed by atoms with Crippen molar-refractivity contribution in [3.05, 3.63) is 17.7 Å². The van der Waals surface area contributed by atoms with Crippen molar-refractivity contribution in [1.82, 2.24) is 5.32 Å². The molecule has 1 aromatic carbocycles. The second kappa shape index (κ2) is 8.78. The van der Waals surface area contributed by atoms with Crippen molar-refractivity contribution < 1.29 is 14.2 Å². The largest absolute Gasteiger partial charge is 0.493 e. The van der Waals surface area contributed by atoms with Gasteiger partial charge in [0.05, 0.1) is 21.3 Å². The highest BCUT2D eigenvalue weighted by atomic mass is 16.5. The lowest BCUT2D eigenvalue weighted by atomic mass is 10.0. The number of hydrogen-bond donors (Lipinski definition) is 1. The van der Waals surface area contributed by atoms with Crippen LogP contribution in [0.1, 0.15) is 39.2 Å². The Morgan fingerprint density at radius 3 is 2.10 bits per heavy atom. The molecule has 120 valence electrons. The predicted molar refractivity (Wildman–Crippen MR) is 86.5 cm³/mol. The molecule has 0 spiro atoms. The smallest absolute Gasteiger partial charge is 0.203 e. The number of nitrogens with one attached hydrogen (secondary N) is 1. The van der Waals surface area contributed by atoms with Crippen molar-refractivity contribution >= 4 is 0 Å². The maximum atomic E-state index is 5.50. The molecular formula is C17H29NO3. The Labute approximate surface area is 128 Å². The van der Waals surface area contributed by atoms with Crippen molar-refractivity contribution in [3.8, 4) is 17.2 Å². The van der Waals surface area contributed by atoms with Gasteiger partial charge < -0.3 is 19.5 Å².